The molecule has 16 heavy (non-hydrogen) atoms. The van der Waals surface area contributed by atoms with E-state index in [2.05, 4.69) is 50.1 Å². The zero-order valence-corrected chi connectivity index (χ0v) is 11.5. The topological polar surface area (TPSA) is 24.9 Å². The molecule has 0 aliphatic heterocycles. The van der Waals surface area contributed by atoms with Crippen LogP contribution in [0.4, 0.5) is 5.82 Å². The predicted octanol–water partition coefficient (Wildman–Crippen LogP) is 4.04. The molecule has 1 aromatic heterocycles. The summed E-state index contributed by atoms with van der Waals surface area (Å²) in [5, 5.41) is 5.03. The molecule has 0 spiro atoms. The monoisotopic (exact) mass is 238 g/mol. The van der Waals surface area contributed by atoms with Crippen LogP contribution < -0.4 is 5.32 Å². The average Bonchev–Trinajstić information content (AvgIpc) is 2.26. The molecule has 2 nitrogen and oxygen atoms in total. The summed E-state index contributed by atoms with van der Waals surface area (Å²) in [4.78, 5) is 4.58. The molecule has 1 rings (SSSR count). The van der Waals surface area contributed by atoms with Crippen LogP contribution in [0.25, 0.3) is 0 Å². The second-order valence-corrected chi connectivity index (χ2v) is 5.75. The van der Waals surface area contributed by atoms with Gasteiger partial charge in [-0.1, -0.05) is 33.8 Å². The third kappa shape index (κ3) is 4.44. The van der Waals surface area contributed by atoms with Gasteiger partial charge in [-0.05, 0) is 24.5 Å². The largest absolute Gasteiger partial charge is 0.370 e. The molecule has 1 unspecified atom stereocenters. The molecule has 1 atom stereocenters. The Bertz CT molecular complexity index is 313. The van der Waals surface area contributed by atoms with E-state index in [1.54, 1.807) is 0 Å². The summed E-state index contributed by atoms with van der Waals surface area (Å²) in [6.45, 7) is 9.89. The molecule has 0 radical (unpaired) electrons. The van der Waals surface area contributed by atoms with Gasteiger partial charge >= 0.3 is 0 Å². The standard InChI is InChI=1S/C13H22N2S/c1-5-9-14-12-7-6-8-13(15-12)16-11(4)10(2)3/h6-8,10-11H,5,9H2,1-4H3,(H,14,15). The van der Waals surface area contributed by atoms with Crippen molar-refractivity contribution in [2.24, 2.45) is 5.92 Å². The van der Waals surface area contributed by atoms with Gasteiger partial charge < -0.3 is 5.32 Å². The molecule has 0 bridgehead atoms. The molecule has 0 saturated carbocycles. The molecule has 90 valence electrons. The normalized spacial score (nSPS) is 12.8. The molecule has 0 saturated heterocycles. The lowest BCUT2D eigenvalue weighted by Gasteiger charge is -2.14. The first kappa shape index (κ1) is 13.4. The van der Waals surface area contributed by atoms with Crippen molar-refractivity contribution >= 4 is 17.6 Å². The van der Waals surface area contributed by atoms with E-state index < -0.39 is 0 Å². The van der Waals surface area contributed by atoms with Gasteiger partial charge in [0.15, 0.2) is 0 Å². The van der Waals surface area contributed by atoms with Crippen LogP contribution in [0.5, 0.6) is 0 Å². The Labute approximate surface area is 103 Å². The minimum absolute atomic E-state index is 0.605. The van der Waals surface area contributed by atoms with Crippen molar-refractivity contribution in [2.45, 2.75) is 44.4 Å². The molecule has 0 amide bonds. The van der Waals surface area contributed by atoms with Crippen LogP contribution in [-0.4, -0.2) is 16.8 Å². The summed E-state index contributed by atoms with van der Waals surface area (Å²) >= 11 is 1.85. The number of rotatable bonds is 6. The fourth-order valence-corrected chi connectivity index (χ4v) is 2.12. The van der Waals surface area contributed by atoms with Crippen molar-refractivity contribution < 1.29 is 0 Å². The maximum atomic E-state index is 4.58. The lowest BCUT2D eigenvalue weighted by atomic mass is 10.2. The lowest BCUT2D eigenvalue weighted by Crippen LogP contribution is -2.06. The zero-order chi connectivity index (χ0) is 12.0. The van der Waals surface area contributed by atoms with Crippen molar-refractivity contribution in [3.05, 3.63) is 18.2 Å². The van der Waals surface area contributed by atoms with Crippen molar-refractivity contribution in [3.63, 3.8) is 0 Å². The van der Waals surface area contributed by atoms with E-state index in [1.807, 2.05) is 17.8 Å². The van der Waals surface area contributed by atoms with Gasteiger partial charge in [-0.2, -0.15) is 0 Å². The lowest BCUT2D eigenvalue weighted by molar-refractivity contribution is 0.641. The molecule has 1 N–H and O–H groups in total. The highest BCUT2D eigenvalue weighted by Gasteiger charge is 2.09. The third-order valence-corrected chi connectivity index (χ3v) is 3.91. The molecule has 1 heterocycles. The quantitative estimate of drug-likeness (QED) is 0.757. The van der Waals surface area contributed by atoms with E-state index in [0.717, 1.165) is 23.8 Å². The smallest absolute Gasteiger partial charge is 0.127 e. The van der Waals surface area contributed by atoms with Gasteiger partial charge in [0.05, 0.1) is 5.03 Å². The van der Waals surface area contributed by atoms with E-state index in [0.29, 0.717) is 11.2 Å². The van der Waals surface area contributed by atoms with Gasteiger partial charge in [-0.3, -0.25) is 0 Å². The summed E-state index contributed by atoms with van der Waals surface area (Å²) in [7, 11) is 0. The fraction of sp³-hybridized carbons (Fsp3) is 0.615. The summed E-state index contributed by atoms with van der Waals surface area (Å²) < 4.78 is 0. The molecule has 0 aromatic carbocycles. The van der Waals surface area contributed by atoms with Gasteiger partial charge in [0.2, 0.25) is 0 Å². The van der Waals surface area contributed by atoms with Crippen molar-refractivity contribution in [1.29, 1.82) is 0 Å². The second kappa shape index (κ2) is 6.79. The van der Waals surface area contributed by atoms with E-state index in [-0.39, 0.29) is 0 Å². The number of hydrogen-bond acceptors (Lipinski definition) is 3. The SMILES string of the molecule is CCCNc1cccc(SC(C)C(C)C)n1. The Morgan fingerprint density at radius 1 is 1.31 bits per heavy atom. The first-order chi connectivity index (χ1) is 7.63. The van der Waals surface area contributed by atoms with E-state index in [4.69, 9.17) is 0 Å². The number of anilines is 1. The number of hydrogen-bond donors (Lipinski definition) is 1. The second-order valence-electron chi connectivity index (χ2n) is 4.35. The number of thioether (sulfide) groups is 1. The van der Waals surface area contributed by atoms with Crippen LogP contribution in [0.1, 0.15) is 34.1 Å². The first-order valence-electron chi connectivity index (χ1n) is 6.01. The summed E-state index contributed by atoms with van der Waals surface area (Å²) in [5.74, 6) is 1.67. The Balaban J connectivity index is 2.59. The maximum absolute atomic E-state index is 4.58. The van der Waals surface area contributed by atoms with Gasteiger partial charge in [-0.15, -0.1) is 11.8 Å². The molecule has 0 fully saturated rings. The molecular formula is C13H22N2S. The van der Waals surface area contributed by atoms with Gasteiger partial charge in [0.25, 0.3) is 0 Å². The van der Waals surface area contributed by atoms with Crippen LogP contribution in [0, 0.1) is 5.92 Å². The Kier molecular flexibility index (Phi) is 5.67. The maximum Gasteiger partial charge on any atom is 0.127 e. The van der Waals surface area contributed by atoms with Gasteiger partial charge in [0.1, 0.15) is 5.82 Å². The zero-order valence-electron chi connectivity index (χ0n) is 10.7. The fourth-order valence-electron chi connectivity index (χ4n) is 1.16. The number of pyridine rings is 1. The summed E-state index contributed by atoms with van der Waals surface area (Å²) in [5.41, 5.74) is 0. The highest BCUT2D eigenvalue weighted by atomic mass is 32.2. The van der Waals surface area contributed by atoms with E-state index >= 15 is 0 Å². The predicted molar refractivity (Wildman–Crippen MR) is 73.2 cm³/mol. The highest BCUT2D eigenvalue weighted by Crippen LogP contribution is 2.26. The van der Waals surface area contributed by atoms with Crippen LogP contribution >= 0.6 is 11.8 Å². The minimum Gasteiger partial charge on any atom is -0.370 e. The van der Waals surface area contributed by atoms with Crippen LogP contribution in [-0.2, 0) is 0 Å². The van der Waals surface area contributed by atoms with Crippen LogP contribution in [0.15, 0.2) is 23.2 Å². The van der Waals surface area contributed by atoms with Crippen molar-refractivity contribution in [1.82, 2.24) is 4.98 Å². The van der Waals surface area contributed by atoms with Gasteiger partial charge in [-0.25, -0.2) is 4.98 Å². The first-order valence-corrected chi connectivity index (χ1v) is 6.89. The number of nitrogens with zero attached hydrogens (tertiary/aromatic N) is 1. The van der Waals surface area contributed by atoms with Crippen molar-refractivity contribution in [2.75, 3.05) is 11.9 Å². The Hall–Kier alpha value is -0.700. The summed E-state index contributed by atoms with van der Waals surface area (Å²) in [6.07, 6.45) is 1.13. The van der Waals surface area contributed by atoms with E-state index in [9.17, 15) is 0 Å². The Morgan fingerprint density at radius 2 is 2.06 bits per heavy atom. The average molecular weight is 238 g/mol. The molecule has 3 heteroatoms. The van der Waals surface area contributed by atoms with Crippen LogP contribution in [0.2, 0.25) is 0 Å². The third-order valence-electron chi connectivity index (χ3n) is 2.53. The minimum atomic E-state index is 0.605. The van der Waals surface area contributed by atoms with Gasteiger partial charge in [0, 0.05) is 11.8 Å². The van der Waals surface area contributed by atoms with Crippen LogP contribution in [0.3, 0.4) is 0 Å². The number of aromatic nitrogens is 1. The molecule has 1 aromatic rings. The Morgan fingerprint density at radius 3 is 2.69 bits per heavy atom. The molecule has 0 aliphatic rings. The highest BCUT2D eigenvalue weighted by molar-refractivity contribution is 7.99. The summed E-state index contributed by atoms with van der Waals surface area (Å²) in [6, 6.07) is 6.18. The molecule has 0 aliphatic carbocycles. The molecular weight excluding hydrogens is 216 g/mol. The number of nitrogens with one attached hydrogen (secondary N) is 1. The van der Waals surface area contributed by atoms with Crippen molar-refractivity contribution in [3.8, 4) is 0 Å². The van der Waals surface area contributed by atoms with E-state index in [1.165, 1.54) is 0 Å².